The molecule has 6 nitrogen and oxygen atoms in total. The van der Waals surface area contributed by atoms with Crippen molar-refractivity contribution in [1.29, 1.82) is 0 Å². The van der Waals surface area contributed by atoms with E-state index in [1.165, 1.54) is 89.9 Å². The molecule has 0 aliphatic heterocycles. The number of nitrogens with zero attached hydrogens (tertiary/aromatic N) is 1. The molecule has 0 aromatic carbocycles. The molecular weight excluding hydrogens is 679 g/mol. The Morgan fingerprint density at radius 2 is 0.755 bits per heavy atom. The molecule has 0 saturated carbocycles. The van der Waals surface area contributed by atoms with E-state index in [0.717, 1.165) is 77.0 Å². The molecule has 53 heavy (non-hydrogen) atoms. The van der Waals surface area contributed by atoms with Gasteiger partial charge in [-0.15, -0.1) is 0 Å². The molecule has 9 heteroatoms. The van der Waals surface area contributed by atoms with Crippen molar-refractivity contribution in [2.24, 2.45) is 0 Å². The van der Waals surface area contributed by atoms with Crippen LogP contribution in [0.3, 0.4) is 0 Å². The van der Waals surface area contributed by atoms with Crippen LogP contribution < -0.4 is 0 Å². The fourth-order valence-corrected chi connectivity index (χ4v) is 6.20. The van der Waals surface area contributed by atoms with Crippen LogP contribution in [0.2, 0.25) is 0 Å². The van der Waals surface area contributed by atoms with Gasteiger partial charge in [0.1, 0.15) is 0 Å². The molecule has 1 amide bonds. The van der Waals surface area contributed by atoms with Crippen LogP contribution in [0.1, 0.15) is 206 Å². The Morgan fingerprint density at radius 3 is 1.08 bits per heavy atom. The van der Waals surface area contributed by atoms with Gasteiger partial charge in [0, 0.05) is 25.9 Å². The quantitative estimate of drug-likeness (QED) is 0.0356. The lowest BCUT2D eigenvalue weighted by atomic mass is 10.1. The average Bonchev–Trinajstić information content (AvgIpc) is 3.13. The summed E-state index contributed by atoms with van der Waals surface area (Å²) in [6, 6.07) is 0. The standard InChI is InChI=1S/C44H78F3NO5/c1-3-5-7-9-11-13-15-17-19-21-23-25-27-29-31-35-41(49)52-39-33-37-48(43(51)44(45,46)47)38-34-40-53-42(50)36-32-30-28-26-24-22-20-18-16-14-12-10-8-6-4-2/h17-20H,3-16,21-40H2,1-2H3. The van der Waals surface area contributed by atoms with Crippen LogP contribution in [-0.2, 0) is 23.9 Å². The fourth-order valence-electron chi connectivity index (χ4n) is 6.20. The summed E-state index contributed by atoms with van der Waals surface area (Å²) in [6.45, 7) is 4.00. The predicted octanol–water partition coefficient (Wildman–Crippen LogP) is 13.3. The van der Waals surface area contributed by atoms with E-state index in [1.54, 1.807) is 0 Å². The van der Waals surface area contributed by atoms with Crippen molar-refractivity contribution >= 4 is 17.8 Å². The lowest BCUT2D eigenvalue weighted by Gasteiger charge is -2.23. The molecule has 0 rings (SSSR count). The lowest BCUT2D eigenvalue weighted by molar-refractivity contribution is -0.185. The van der Waals surface area contributed by atoms with Crippen molar-refractivity contribution in [3.8, 4) is 0 Å². The van der Waals surface area contributed by atoms with Crippen LogP contribution in [-0.4, -0.2) is 55.2 Å². The molecule has 0 saturated heterocycles. The number of esters is 2. The number of hydrogen-bond acceptors (Lipinski definition) is 5. The van der Waals surface area contributed by atoms with E-state index in [4.69, 9.17) is 9.47 Å². The zero-order valence-electron chi connectivity index (χ0n) is 34.0. The van der Waals surface area contributed by atoms with Gasteiger partial charge in [-0.2, -0.15) is 13.2 Å². The van der Waals surface area contributed by atoms with Gasteiger partial charge in [0.2, 0.25) is 0 Å². The molecule has 0 aromatic heterocycles. The first-order valence-electron chi connectivity index (χ1n) is 21.7. The molecule has 0 aliphatic carbocycles. The van der Waals surface area contributed by atoms with Crippen LogP contribution >= 0.6 is 0 Å². The number of allylic oxidation sites excluding steroid dienone is 4. The third kappa shape index (κ3) is 36.4. The van der Waals surface area contributed by atoms with Crippen molar-refractivity contribution in [2.45, 2.75) is 213 Å². The zero-order valence-corrected chi connectivity index (χ0v) is 34.0. The first-order chi connectivity index (χ1) is 25.7. The maximum Gasteiger partial charge on any atom is 0.471 e. The second-order valence-electron chi connectivity index (χ2n) is 14.6. The SMILES string of the molecule is CCCCCCCCC=CCCCCCCCC(=O)OCCCN(CCCOC(=O)CCCCCCCC=CCCCCCCCC)C(=O)C(F)(F)F. The summed E-state index contributed by atoms with van der Waals surface area (Å²) >= 11 is 0. The minimum absolute atomic E-state index is 0.0452. The Morgan fingerprint density at radius 1 is 0.453 bits per heavy atom. The van der Waals surface area contributed by atoms with Crippen LogP contribution in [0.4, 0.5) is 13.2 Å². The minimum Gasteiger partial charge on any atom is -0.466 e. The predicted molar refractivity (Wildman–Crippen MR) is 213 cm³/mol. The lowest BCUT2D eigenvalue weighted by Crippen LogP contribution is -2.42. The molecule has 0 heterocycles. The molecule has 0 fully saturated rings. The topological polar surface area (TPSA) is 72.9 Å². The first-order valence-corrected chi connectivity index (χ1v) is 21.7. The summed E-state index contributed by atoms with van der Waals surface area (Å²) in [6.07, 6.45) is 35.3. The highest BCUT2D eigenvalue weighted by molar-refractivity contribution is 5.81. The number of carbonyl (C=O) groups is 3. The second kappa shape index (κ2) is 38.0. The summed E-state index contributed by atoms with van der Waals surface area (Å²) in [5, 5.41) is 0. The highest BCUT2D eigenvalue weighted by atomic mass is 19.4. The Hall–Kier alpha value is -2.32. The maximum atomic E-state index is 13.2. The molecule has 0 spiro atoms. The van der Waals surface area contributed by atoms with Gasteiger partial charge < -0.3 is 14.4 Å². The molecule has 0 aliphatic rings. The van der Waals surface area contributed by atoms with E-state index in [9.17, 15) is 27.6 Å². The van der Waals surface area contributed by atoms with Crippen LogP contribution in [0.25, 0.3) is 0 Å². The monoisotopic (exact) mass is 758 g/mol. The number of halogens is 3. The van der Waals surface area contributed by atoms with E-state index in [0.29, 0.717) is 4.90 Å². The van der Waals surface area contributed by atoms with E-state index < -0.39 is 12.1 Å². The van der Waals surface area contributed by atoms with Crippen molar-refractivity contribution in [2.75, 3.05) is 26.3 Å². The third-order valence-electron chi connectivity index (χ3n) is 9.49. The van der Waals surface area contributed by atoms with E-state index >= 15 is 0 Å². The Bertz CT molecular complexity index is 861. The van der Waals surface area contributed by atoms with Gasteiger partial charge in [-0.25, -0.2) is 0 Å². The van der Waals surface area contributed by atoms with Gasteiger partial charge >= 0.3 is 24.0 Å². The number of hydrogen-bond donors (Lipinski definition) is 0. The highest BCUT2D eigenvalue weighted by Crippen LogP contribution is 2.19. The number of rotatable bonds is 38. The highest BCUT2D eigenvalue weighted by Gasteiger charge is 2.42. The first kappa shape index (κ1) is 50.7. The van der Waals surface area contributed by atoms with Crippen LogP contribution in [0, 0.1) is 0 Å². The zero-order chi connectivity index (χ0) is 39.1. The number of ether oxygens (including phenoxy) is 2. The Labute approximate surface area is 322 Å². The molecular formula is C44H78F3NO5. The van der Waals surface area contributed by atoms with Crippen LogP contribution in [0.5, 0.6) is 0 Å². The van der Waals surface area contributed by atoms with Gasteiger partial charge in [0.15, 0.2) is 0 Å². The summed E-state index contributed by atoms with van der Waals surface area (Å²) < 4.78 is 49.9. The summed E-state index contributed by atoms with van der Waals surface area (Å²) in [5.41, 5.74) is 0. The Balaban J connectivity index is 3.91. The summed E-state index contributed by atoms with van der Waals surface area (Å²) in [7, 11) is 0. The van der Waals surface area contributed by atoms with E-state index in [2.05, 4.69) is 38.2 Å². The number of carbonyl (C=O) groups excluding carboxylic acids is 3. The number of unbranched alkanes of at least 4 members (excludes halogenated alkanes) is 22. The fraction of sp³-hybridized carbons (Fsp3) is 0.841. The molecule has 0 radical (unpaired) electrons. The molecule has 0 bridgehead atoms. The van der Waals surface area contributed by atoms with Gasteiger partial charge in [-0.3, -0.25) is 14.4 Å². The third-order valence-corrected chi connectivity index (χ3v) is 9.49. The van der Waals surface area contributed by atoms with Crippen molar-refractivity contribution < 1.29 is 37.0 Å². The normalized spacial score (nSPS) is 11.9. The second-order valence-corrected chi connectivity index (χ2v) is 14.6. The molecule has 0 N–H and O–H groups in total. The van der Waals surface area contributed by atoms with Crippen LogP contribution in [0.15, 0.2) is 24.3 Å². The van der Waals surface area contributed by atoms with E-state index in [-0.39, 0.29) is 63.9 Å². The van der Waals surface area contributed by atoms with E-state index in [1.807, 2.05) is 0 Å². The van der Waals surface area contributed by atoms with Gasteiger partial charge in [0.05, 0.1) is 13.2 Å². The summed E-state index contributed by atoms with van der Waals surface area (Å²) in [5.74, 6) is -2.67. The largest absolute Gasteiger partial charge is 0.471 e. The number of alkyl halides is 3. The van der Waals surface area contributed by atoms with Gasteiger partial charge in [-0.05, 0) is 77.0 Å². The van der Waals surface area contributed by atoms with Crippen molar-refractivity contribution in [1.82, 2.24) is 4.90 Å². The van der Waals surface area contributed by atoms with Gasteiger partial charge in [0.25, 0.3) is 0 Å². The van der Waals surface area contributed by atoms with Gasteiger partial charge in [-0.1, -0.05) is 141 Å². The Kier molecular flexibility index (Phi) is 36.3. The molecule has 0 atom stereocenters. The molecule has 0 unspecified atom stereocenters. The molecule has 0 aromatic rings. The molecule has 310 valence electrons. The van der Waals surface area contributed by atoms with Crippen molar-refractivity contribution in [3.63, 3.8) is 0 Å². The smallest absolute Gasteiger partial charge is 0.466 e. The number of amides is 1. The minimum atomic E-state index is -5.00. The summed E-state index contributed by atoms with van der Waals surface area (Å²) in [4.78, 5) is 36.8. The average molecular weight is 758 g/mol. The van der Waals surface area contributed by atoms with Crippen molar-refractivity contribution in [3.05, 3.63) is 24.3 Å². The maximum absolute atomic E-state index is 13.2.